The molecule has 3 aliphatic rings. The highest BCUT2D eigenvalue weighted by Crippen LogP contribution is 2.60. The van der Waals surface area contributed by atoms with Gasteiger partial charge in [-0.05, 0) is 55.5 Å². The number of hydrogen-bond acceptors (Lipinski definition) is 6. The van der Waals surface area contributed by atoms with Crippen molar-refractivity contribution in [1.29, 1.82) is 0 Å². The lowest BCUT2D eigenvalue weighted by molar-refractivity contribution is -0.140. The molecular formula is C29H34BrN3O6. The second kappa shape index (κ2) is 11.7. The van der Waals surface area contributed by atoms with E-state index in [4.69, 9.17) is 9.47 Å². The summed E-state index contributed by atoms with van der Waals surface area (Å²) in [5.74, 6) is -1.61. The van der Waals surface area contributed by atoms with Gasteiger partial charge in [-0.1, -0.05) is 46.3 Å². The third-order valence-electron chi connectivity index (χ3n) is 8.06. The molecular weight excluding hydrogens is 566 g/mol. The minimum atomic E-state index is -1.11. The van der Waals surface area contributed by atoms with Crippen LogP contribution in [0.5, 0.6) is 5.75 Å². The fourth-order valence-electron chi connectivity index (χ4n) is 6.33. The Morgan fingerprint density at radius 2 is 1.85 bits per heavy atom. The number of unbranched alkanes of at least 4 members (excludes halogenated alkanes) is 2. The van der Waals surface area contributed by atoms with Gasteiger partial charge in [0.1, 0.15) is 17.4 Å². The van der Waals surface area contributed by atoms with Crippen LogP contribution in [0.15, 0.2) is 54.6 Å². The topological polar surface area (TPSA) is 117 Å². The highest BCUT2D eigenvalue weighted by Gasteiger charge is 2.76. The van der Waals surface area contributed by atoms with Crippen LogP contribution in [-0.4, -0.2) is 70.6 Å². The number of likely N-dealkylation sites (tertiary alicyclic amines) is 1. The first kappa shape index (κ1) is 27.6. The van der Waals surface area contributed by atoms with E-state index < -0.39 is 29.6 Å². The van der Waals surface area contributed by atoms with Crippen molar-refractivity contribution in [2.45, 2.75) is 54.8 Å². The quantitative estimate of drug-likeness (QED) is 0.270. The number of benzene rings is 2. The van der Waals surface area contributed by atoms with Crippen LogP contribution in [0.25, 0.3) is 0 Å². The molecule has 3 fully saturated rings. The van der Waals surface area contributed by atoms with Gasteiger partial charge >= 0.3 is 0 Å². The van der Waals surface area contributed by atoms with Crippen molar-refractivity contribution in [2.24, 2.45) is 11.8 Å². The van der Waals surface area contributed by atoms with Gasteiger partial charge in [-0.3, -0.25) is 14.4 Å². The molecule has 3 unspecified atom stereocenters. The molecule has 9 nitrogen and oxygen atoms in total. The lowest BCUT2D eigenvalue weighted by Crippen LogP contribution is -2.54. The first-order chi connectivity index (χ1) is 18.9. The number of fused-ring (bicyclic) bond motifs is 1. The molecule has 3 amide bonds. The van der Waals surface area contributed by atoms with Gasteiger partial charge in [0.05, 0.1) is 25.0 Å². The van der Waals surface area contributed by atoms with E-state index in [2.05, 4.69) is 26.6 Å². The lowest BCUT2D eigenvalue weighted by atomic mass is 9.70. The number of carbonyl (C=O) groups excluding carboxylic acids is 3. The molecule has 0 aromatic heterocycles. The highest BCUT2D eigenvalue weighted by molar-refractivity contribution is 9.09. The van der Waals surface area contributed by atoms with Crippen molar-refractivity contribution in [3.63, 3.8) is 0 Å². The monoisotopic (exact) mass is 599 g/mol. The number of alkyl halides is 1. The van der Waals surface area contributed by atoms with E-state index in [1.54, 1.807) is 36.3 Å². The Labute approximate surface area is 236 Å². The third-order valence-corrected chi connectivity index (χ3v) is 8.91. The molecule has 208 valence electrons. The number of aliphatic hydroxyl groups is 1. The summed E-state index contributed by atoms with van der Waals surface area (Å²) in [5.41, 5.74) is 0.423. The predicted molar refractivity (Wildman–Crippen MR) is 148 cm³/mol. The number of hydrogen-bond donors (Lipinski definition) is 3. The van der Waals surface area contributed by atoms with Crippen LogP contribution >= 0.6 is 15.9 Å². The second-order valence-corrected chi connectivity index (χ2v) is 11.6. The summed E-state index contributed by atoms with van der Waals surface area (Å²) in [5, 5.41) is 15.2. The lowest BCUT2D eigenvalue weighted by Gasteiger charge is -2.34. The predicted octanol–water partition coefficient (Wildman–Crippen LogP) is 2.86. The van der Waals surface area contributed by atoms with E-state index in [1.807, 2.05) is 30.3 Å². The molecule has 2 aromatic carbocycles. The van der Waals surface area contributed by atoms with Crippen LogP contribution in [0.2, 0.25) is 0 Å². The van der Waals surface area contributed by atoms with Crippen LogP contribution in [-0.2, 0) is 25.7 Å². The maximum Gasteiger partial charge on any atom is 0.250 e. The molecule has 2 aromatic rings. The summed E-state index contributed by atoms with van der Waals surface area (Å²) in [4.78, 5) is 42.8. The second-order valence-electron chi connectivity index (χ2n) is 10.4. The van der Waals surface area contributed by atoms with Crippen LogP contribution in [0.4, 0.5) is 5.69 Å². The summed E-state index contributed by atoms with van der Waals surface area (Å²) < 4.78 is 11.7. The summed E-state index contributed by atoms with van der Waals surface area (Å²) in [6.07, 6.45) is 1.91. The van der Waals surface area contributed by atoms with Gasteiger partial charge in [0, 0.05) is 30.2 Å². The Balaban J connectivity index is 1.41. The van der Waals surface area contributed by atoms with Crippen LogP contribution in [0, 0.1) is 11.8 Å². The third kappa shape index (κ3) is 5.17. The number of nitrogens with zero attached hydrogens (tertiary/aromatic N) is 1. The molecule has 3 heterocycles. The molecule has 0 aliphatic carbocycles. The van der Waals surface area contributed by atoms with Crippen LogP contribution < -0.4 is 15.4 Å². The van der Waals surface area contributed by atoms with Crippen molar-refractivity contribution >= 4 is 39.3 Å². The van der Waals surface area contributed by atoms with E-state index in [-0.39, 0.29) is 29.2 Å². The van der Waals surface area contributed by atoms with Crippen LogP contribution in [0.3, 0.4) is 0 Å². The number of amides is 3. The zero-order valence-corrected chi connectivity index (χ0v) is 23.4. The molecule has 1 spiro atoms. The summed E-state index contributed by atoms with van der Waals surface area (Å²) in [7, 11) is 1.57. The molecule has 3 saturated heterocycles. The first-order valence-corrected chi connectivity index (χ1v) is 14.3. The number of nitrogens with one attached hydrogen (secondary N) is 2. The molecule has 10 heteroatoms. The van der Waals surface area contributed by atoms with Crippen LogP contribution in [0.1, 0.15) is 31.2 Å². The van der Waals surface area contributed by atoms with Crippen molar-refractivity contribution in [3.8, 4) is 5.75 Å². The SMILES string of the molecule is COc1ccc(NC(=O)C2N(CCCCCO)C(=O)[C@@H]3[C@@H](C(=O)NCc4ccccc4)[C@@H]4OC23CC4Br)cc1. The number of methoxy groups -OCH3 is 1. The number of ether oxygens (including phenoxy) is 2. The van der Waals surface area contributed by atoms with Gasteiger partial charge in [-0.25, -0.2) is 0 Å². The average Bonchev–Trinajstić information content (AvgIpc) is 3.54. The summed E-state index contributed by atoms with van der Waals surface area (Å²) in [6, 6.07) is 15.7. The van der Waals surface area contributed by atoms with E-state index >= 15 is 0 Å². The first-order valence-electron chi connectivity index (χ1n) is 13.4. The number of anilines is 1. The van der Waals surface area contributed by atoms with Crippen molar-refractivity contribution in [2.75, 3.05) is 25.6 Å². The normalized spacial score (nSPS) is 28.8. The fourth-order valence-corrected chi connectivity index (χ4v) is 7.27. The Morgan fingerprint density at radius 1 is 1.10 bits per heavy atom. The number of carbonyl (C=O) groups is 3. The van der Waals surface area contributed by atoms with E-state index in [0.717, 1.165) is 12.0 Å². The maximum absolute atomic E-state index is 14.0. The zero-order chi connectivity index (χ0) is 27.6. The van der Waals surface area contributed by atoms with Crippen molar-refractivity contribution in [3.05, 3.63) is 60.2 Å². The minimum absolute atomic E-state index is 0.0710. The highest BCUT2D eigenvalue weighted by atomic mass is 79.9. The van der Waals surface area contributed by atoms with Gasteiger partial charge in [0.25, 0.3) is 0 Å². The summed E-state index contributed by atoms with van der Waals surface area (Å²) in [6.45, 7) is 0.759. The Morgan fingerprint density at radius 3 is 2.54 bits per heavy atom. The van der Waals surface area contributed by atoms with Gasteiger partial charge in [0.15, 0.2) is 0 Å². The van der Waals surface area contributed by atoms with Gasteiger partial charge in [0.2, 0.25) is 17.7 Å². The Bertz CT molecular complexity index is 1200. The molecule has 0 radical (unpaired) electrons. The molecule has 3 aliphatic heterocycles. The fraction of sp³-hybridized carbons (Fsp3) is 0.483. The van der Waals surface area contributed by atoms with Gasteiger partial charge < -0.3 is 30.1 Å². The van der Waals surface area contributed by atoms with Gasteiger partial charge in [-0.2, -0.15) is 0 Å². The molecule has 0 saturated carbocycles. The van der Waals surface area contributed by atoms with Crippen molar-refractivity contribution < 1.29 is 29.0 Å². The average molecular weight is 601 g/mol. The summed E-state index contributed by atoms with van der Waals surface area (Å²) >= 11 is 3.70. The Kier molecular flexibility index (Phi) is 8.25. The molecule has 5 rings (SSSR count). The number of rotatable bonds is 11. The van der Waals surface area contributed by atoms with Crippen molar-refractivity contribution in [1.82, 2.24) is 10.2 Å². The zero-order valence-electron chi connectivity index (χ0n) is 21.8. The smallest absolute Gasteiger partial charge is 0.250 e. The Hall–Kier alpha value is -2.95. The van der Waals surface area contributed by atoms with E-state index in [0.29, 0.717) is 43.8 Å². The number of aliphatic hydroxyl groups excluding tert-OH is 1. The molecule has 6 atom stereocenters. The molecule has 2 bridgehead atoms. The molecule has 39 heavy (non-hydrogen) atoms. The largest absolute Gasteiger partial charge is 0.497 e. The van der Waals surface area contributed by atoms with E-state index in [9.17, 15) is 19.5 Å². The maximum atomic E-state index is 14.0. The number of halogens is 1. The van der Waals surface area contributed by atoms with E-state index in [1.165, 1.54) is 0 Å². The minimum Gasteiger partial charge on any atom is -0.497 e. The molecule has 3 N–H and O–H groups in total. The standard InChI is InChI=1S/C29H34BrN3O6/c1-38-20-12-10-19(11-13-20)32-27(36)25-29-16-21(30)24(39-29)22(26(35)31-17-18-8-4-2-5-9-18)23(29)28(37)33(25)14-6-3-7-15-34/h2,4-5,8-13,21-25,34H,3,6-7,14-17H2,1H3,(H,31,35)(H,32,36)/t21?,22-,23+,24-,25?,29?/m1/s1. The van der Waals surface area contributed by atoms with Gasteiger partial charge in [-0.15, -0.1) is 0 Å².